The number of hydrogen-bond acceptors (Lipinski definition) is 5. The second kappa shape index (κ2) is 7.45. The molecule has 0 spiro atoms. The van der Waals surface area contributed by atoms with Gasteiger partial charge in [-0.1, -0.05) is 22.0 Å². The Morgan fingerprint density at radius 1 is 1.24 bits per heavy atom. The van der Waals surface area contributed by atoms with Crippen LogP contribution in [-0.2, 0) is 14.8 Å². The molecular formula is C16H13BrN2O3S3. The molecule has 1 saturated heterocycles. The Hall–Kier alpha value is -1.42. The number of thioether (sulfide) groups is 1. The SMILES string of the molecule is CCN1C(=O)/C(=C/c2cccs2)SC1=NS(=O)(=O)c1ccc(Br)cc1. The van der Waals surface area contributed by atoms with E-state index in [0.717, 1.165) is 21.1 Å². The summed E-state index contributed by atoms with van der Waals surface area (Å²) in [6, 6.07) is 10.0. The molecule has 2 heterocycles. The third-order valence-corrected chi connectivity index (χ3v) is 7.08. The van der Waals surface area contributed by atoms with E-state index in [0.29, 0.717) is 11.4 Å². The number of halogens is 1. The van der Waals surface area contributed by atoms with E-state index >= 15 is 0 Å². The van der Waals surface area contributed by atoms with Crippen LogP contribution in [0.4, 0.5) is 0 Å². The molecule has 1 aliphatic rings. The maximum absolute atomic E-state index is 12.5. The van der Waals surface area contributed by atoms with Gasteiger partial charge in [0.05, 0.1) is 9.80 Å². The van der Waals surface area contributed by atoms with Gasteiger partial charge in [-0.25, -0.2) is 0 Å². The molecule has 1 amide bonds. The number of likely N-dealkylation sites (N-methyl/N-ethyl adjacent to an activating group) is 1. The van der Waals surface area contributed by atoms with Crippen molar-refractivity contribution in [1.82, 2.24) is 4.90 Å². The van der Waals surface area contributed by atoms with Crippen LogP contribution in [0.1, 0.15) is 11.8 Å². The normalized spacial score (nSPS) is 18.5. The first-order valence-electron chi connectivity index (χ1n) is 7.26. The van der Waals surface area contributed by atoms with Crippen LogP contribution in [0.5, 0.6) is 0 Å². The van der Waals surface area contributed by atoms with E-state index in [1.54, 1.807) is 25.1 Å². The lowest BCUT2D eigenvalue weighted by Gasteiger charge is -2.11. The predicted molar refractivity (Wildman–Crippen MR) is 106 cm³/mol. The minimum Gasteiger partial charge on any atom is -0.286 e. The molecule has 0 saturated carbocycles. The highest BCUT2D eigenvalue weighted by Gasteiger charge is 2.34. The van der Waals surface area contributed by atoms with Gasteiger partial charge in [-0.2, -0.15) is 8.42 Å². The predicted octanol–water partition coefficient (Wildman–Crippen LogP) is 4.19. The monoisotopic (exact) mass is 456 g/mol. The van der Waals surface area contributed by atoms with Gasteiger partial charge in [0, 0.05) is 15.9 Å². The van der Waals surface area contributed by atoms with Gasteiger partial charge in [0.25, 0.3) is 15.9 Å². The number of nitrogens with zero attached hydrogens (tertiary/aromatic N) is 2. The minimum atomic E-state index is -3.88. The van der Waals surface area contributed by atoms with Crippen LogP contribution in [0.2, 0.25) is 0 Å². The summed E-state index contributed by atoms with van der Waals surface area (Å²) in [5.74, 6) is -0.231. The molecule has 1 fully saturated rings. The Morgan fingerprint density at radius 2 is 1.96 bits per heavy atom. The fourth-order valence-corrected chi connectivity index (χ4v) is 5.35. The molecule has 25 heavy (non-hydrogen) atoms. The Bertz CT molecular complexity index is 949. The molecule has 0 unspecified atom stereocenters. The highest BCUT2D eigenvalue weighted by molar-refractivity contribution is 9.10. The molecule has 5 nitrogen and oxygen atoms in total. The van der Waals surface area contributed by atoms with Crippen molar-refractivity contribution in [2.75, 3.05) is 6.54 Å². The smallest absolute Gasteiger partial charge is 0.284 e. The van der Waals surface area contributed by atoms with Crippen LogP contribution < -0.4 is 0 Å². The van der Waals surface area contributed by atoms with Gasteiger partial charge >= 0.3 is 0 Å². The van der Waals surface area contributed by atoms with Gasteiger partial charge in [0.1, 0.15) is 0 Å². The zero-order valence-electron chi connectivity index (χ0n) is 13.0. The van der Waals surface area contributed by atoms with E-state index in [1.807, 2.05) is 17.5 Å². The van der Waals surface area contributed by atoms with Crippen LogP contribution in [0.3, 0.4) is 0 Å². The van der Waals surface area contributed by atoms with Gasteiger partial charge in [-0.05, 0) is 60.5 Å². The molecule has 1 aliphatic heterocycles. The molecule has 130 valence electrons. The fourth-order valence-electron chi connectivity index (χ4n) is 2.12. The fraction of sp³-hybridized carbons (Fsp3) is 0.125. The zero-order chi connectivity index (χ0) is 18.0. The molecule has 2 aromatic rings. The number of rotatable bonds is 4. The van der Waals surface area contributed by atoms with Crippen LogP contribution in [0.15, 0.2) is 60.4 Å². The molecule has 9 heteroatoms. The number of hydrogen-bond donors (Lipinski definition) is 0. The van der Waals surface area contributed by atoms with E-state index in [2.05, 4.69) is 20.3 Å². The van der Waals surface area contributed by atoms with E-state index in [-0.39, 0.29) is 16.0 Å². The Morgan fingerprint density at radius 3 is 2.56 bits per heavy atom. The van der Waals surface area contributed by atoms with Crippen molar-refractivity contribution in [3.63, 3.8) is 0 Å². The number of thiophene rings is 1. The number of benzene rings is 1. The van der Waals surface area contributed by atoms with Crippen LogP contribution >= 0.6 is 39.0 Å². The summed E-state index contributed by atoms with van der Waals surface area (Å²) in [5, 5.41) is 2.10. The van der Waals surface area contributed by atoms with Gasteiger partial charge in [0.2, 0.25) is 0 Å². The van der Waals surface area contributed by atoms with Crippen molar-refractivity contribution in [3.05, 3.63) is 56.0 Å². The van der Waals surface area contributed by atoms with Crippen molar-refractivity contribution < 1.29 is 13.2 Å². The molecule has 3 rings (SSSR count). The average molecular weight is 457 g/mol. The van der Waals surface area contributed by atoms with E-state index in [9.17, 15) is 13.2 Å². The quantitative estimate of drug-likeness (QED) is 0.646. The van der Waals surface area contributed by atoms with Crippen molar-refractivity contribution in [3.8, 4) is 0 Å². The summed E-state index contributed by atoms with van der Waals surface area (Å²) in [6.07, 6.45) is 1.76. The lowest BCUT2D eigenvalue weighted by Crippen LogP contribution is -2.29. The lowest BCUT2D eigenvalue weighted by molar-refractivity contribution is -0.122. The van der Waals surface area contributed by atoms with Crippen LogP contribution in [0.25, 0.3) is 6.08 Å². The summed E-state index contributed by atoms with van der Waals surface area (Å²) in [6.45, 7) is 2.14. The maximum atomic E-state index is 12.5. The summed E-state index contributed by atoms with van der Waals surface area (Å²) in [4.78, 5) is 15.4. The van der Waals surface area contributed by atoms with Crippen molar-refractivity contribution in [2.24, 2.45) is 4.40 Å². The number of amides is 1. The maximum Gasteiger partial charge on any atom is 0.284 e. The van der Waals surface area contributed by atoms with Gasteiger partial charge in [0.15, 0.2) is 5.17 Å². The number of carbonyl (C=O) groups is 1. The highest BCUT2D eigenvalue weighted by Crippen LogP contribution is 2.34. The van der Waals surface area contributed by atoms with Crippen molar-refractivity contribution in [1.29, 1.82) is 0 Å². The van der Waals surface area contributed by atoms with Crippen LogP contribution in [0, 0.1) is 0 Å². The molecule has 1 aromatic heterocycles. The second-order valence-corrected chi connectivity index (χ2v) is 9.49. The molecule has 1 aromatic carbocycles. The topological polar surface area (TPSA) is 66.8 Å². The van der Waals surface area contributed by atoms with E-state index in [1.165, 1.54) is 28.4 Å². The third-order valence-electron chi connectivity index (χ3n) is 3.33. The summed E-state index contributed by atoms with van der Waals surface area (Å²) < 4.78 is 29.7. The van der Waals surface area contributed by atoms with Crippen LogP contribution in [-0.4, -0.2) is 30.9 Å². The number of carbonyl (C=O) groups excluding carboxylic acids is 1. The Labute approximate surface area is 162 Å². The van der Waals surface area contributed by atoms with E-state index in [4.69, 9.17) is 0 Å². The number of sulfonamides is 1. The molecule has 0 aliphatic carbocycles. The Balaban J connectivity index is 1.96. The lowest BCUT2D eigenvalue weighted by atomic mass is 10.4. The molecule has 0 N–H and O–H groups in total. The van der Waals surface area contributed by atoms with Crippen molar-refractivity contribution >= 4 is 66.2 Å². The largest absolute Gasteiger partial charge is 0.286 e. The van der Waals surface area contributed by atoms with Gasteiger partial charge in [-0.3, -0.25) is 9.69 Å². The summed E-state index contributed by atoms with van der Waals surface area (Å²) >= 11 is 5.86. The molecule has 0 radical (unpaired) electrons. The van der Waals surface area contributed by atoms with Gasteiger partial charge in [-0.15, -0.1) is 15.7 Å². The zero-order valence-corrected chi connectivity index (χ0v) is 17.1. The molecule has 0 bridgehead atoms. The van der Waals surface area contributed by atoms with Crippen molar-refractivity contribution in [2.45, 2.75) is 11.8 Å². The minimum absolute atomic E-state index is 0.0861. The first-order chi connectivity index (χ1) is 11.9. The van der Waals surface area contributed by atoms with E-state index < -0.39 is 10.0 Å². The first kappa shape index (κ1) is 18.4. The molecule has 0 atom stereocenters. The number of amidine groups is 1. The Kier molecular flexibility index (Phi) is 5.47. The standard InChI is InChI=1S/C16H13BrN2O3S3/c1-2-19-15(20)14(10-12-4-3-9-23-12)24-16(19)18-25(21,22)13-7-5-11(17)6-8-13/h3-10H,2H2,1H3/b14-10-,18-16?. The highest BCUT2D eigenvalue weighted by atomic mass is 79.9. The summed E-state index contributed by atoms with van der Waals surface area (Å²) in [7, 11) is -3.88. The average Bonchev–Trinajstić information content (AvgIpc) is 3.17. The molecular weight excluding hydrogens is 444 g/mol. The third kappa shape index (κ3) is 4.05. The van der Waals surface area contributed by atoms with Gasteiger partial charge < -0.3 is 0 Å². The summed E-state index contributed by atoms with van der Waals surface area (Å²) in [5.41, 5.74) is 0. The second-order valence-electron chi connectivity index (χ2n) is 4.98. The first-order valence-corrected chi connectivity index (χ1v) is 11.2.